The van der Waals surface area contributed by atoms with Crippen LogP contribution in [0.4, 0.5) is 10.5 Å². The summed E-state index contributed by atoms with van der Waals surface area (Å²) < 4.78 is 1.10. The molecule has 1 aromatic heterocycles. The largest absolute Gasteiger partial charge is 0.351 e. The van der Waals surface area contributed by atoms with Crippen molar-refractivity contribution in [3.8, 4) is 0 Å². The zero-order valence-electron chi connectivity index (χ0n) is 13.9. The van der Waals surface area contributed by atoms with Crippen LogP contribution >= 0.6 is 11.3 Å². The second-order valence-corrected chi connectivity index (χ2v) is 6.74. The van der Waals surface area contributed by atoms with E-state index in [0.29, 0.717) is 11.3 Å². The number of benzene rings is 2. The maximum atomic E-state index is 12.8. The Kier molecular flexibility index (Phi) is 4.67. The highest BCUT2D eigenvalue weighted by Crippen LogP contribution is 2.29. The van der Waals surface area contributed by atoms with Crippen molar-refractivity contribution in [2.75, 3.05) is 12.4 Å². The fraction of sp³-hybridized carbons (Fsp3) is 0.167. The van der Waals surface area contributed by atoms with Crippen molar-refractivity contribution in [2.45, 2.75) is 13.0 Å². The Morgan fingerprint density at radius 2 is 1.96 bits per heavy atom. The molecule has 0 fully saturated rings. The number of nitrogens with two attached hydrogens (primary N) is 1. The molecule has 0 aliphatic rings. The van der Waals surface area contributed by atoms with E-state index in [1.165, 1.54) is 0 Å². The van der Waals surface area contributed by atoms with E-state index in [1.54, 1.807) is 47.5 Å². The number of amides is 3. The molecule has 3 amide bonds. The van der Waals surface area contributed by atoms with E-state index in [0.717, 1.165) is 15.2 Å². The molecule has 0 saturated carbocycles. The van der Waals surface area contributed by atoms with Gasteiger partial charge in [-0.2, -0.15) is 0 Å². The molecule has 2 aromatic carbocycles. The second-order valence-electron chi connectivity index (χ2n) is 5.68. The summed E-state index contributed by atoms with van der Waals surface area (Å²) >= 11 is 1.58. The van der Waals surface area contributed by atoms with Gasteiger partial charge in [-0.3, -0.25) is 4.79 Å². The molecule has 25 heavy (non-hydrogen) atoms. The molecule has 3 aromatic rings. The zero-order chi connectivity index (χ0) is 18.0. The van der Waals surface area contributed by atoms with Gasteiger partial charge in [-0.1, -0.05) is 18.2 Å². The molecule has 1 heterocycles. The Morgan fingerprint density at radius 3 is 2.68 bits per heavy atom. The molecule has 0 aliphatic carbocycles. The summed E-state index contributed by atoms with van der Waals surface area (Å²) in [6, 6.07) is 13.8. The highest BCUT2D eigenvalue weighted by molar-refractivity contribution is 7.18. The number of nitrogens with one attached hydrogen (secondary N) is 1. The van der Waals surface area contributed by atoms with Gasteiger partial charge in [0.05, 0.1) is 16.3 Å². The van der Waals surface area contributed by atoms with Crippen LogP contribution in [-0.2, 0) is 0 Å². The summed E-state index contributed by atoms with van der Waals surface area (Å²) in [7, 11) is 1.74. The number of nitrogens with zero attached hydrogens (tertiary/aromatic N) is 2. The average molecular weight is 354 g/mol. The maximum Gasteiger partial charge on any atom is 0.316 e. The molecular formula is C18H18N4O2S. The topological polar surface area (TPSA) is 88.3 Å². The van der Waals surface area contributed by atoms with Crippen LogP contribution in [0.15, 0.2) is 48.5 Å². The highest BCUT2D eigenvalue weighted by atomic mass is 32.1. The number of carbonyl (C=O) groups excluding carboxylic acids is 2. The lowest BCUT2D eigenvalue weighted by molar-refractivity contribution is 0.0742. The number of thiazole rings is 1. The van der Waals surface area contributed by atoms with Gasteiger partial charge in [0.15, 0.2) is 0 Å². The Morgan fingerprint density at radius 1 is 1.20 bits per heavy atom. The minimum absolute atomic E-state index is 0.153. The van der Waals surface area contributed by atoms with Gasteiger partial charge < -0.3 is 16.0 Å². The van der Waals surface area contributed by atoms with E-state index >= 15 is 0 Å². The highest BCUT2D eigenvalue weighted by Gasteiger charge is 2.22. The monoisotopic (exact) mass is 354 g/mol. The predicted octanol–water partition coefficient (Wildman–Crippen LogP) is 3.62. The average Bonchev–Trinajstić information content (AvgIpc) is 3.03. The van der Waals surface area contributed by atoms with Gasteiger partial charge in [-0.25, -0.2) is 9.78 Å². The number of urea groups is 1. The Bertz CT molecular complexity index is 904. The van der Waals surface area contributed by atoms with Crippen molar-refractivity contribution in [3.63, 3.8) is 0 Å². The summed E-state index contributed by atoms with van der Waals surface area (Å²) in [5, 5.41) is 3.35. The minimum Gasteiger partial charge on any atom is -0.351 e. The Balaban J connectivity index is 1.82. The molecule has 128 valence electrons. The summed E-state index contributed by atoms with van der Waals surface area (Å²) in [5.74, 6) is -0.153. The lowest BCUT2D eigenvalue weighted by Gasteiger charge is -2.23. The third-order valence-electron chi connectivity index (χ3n) is 3.95. The van der Waals surface area contributed by atoms with Crippen molar-refractivity contribution in [3.05, 3.63) is 59.1 Å². The summed E-state index contributed by atoms with van der Waals surface area (Å²) in [6.07, 6.45) is 0. The molecule has 0 spiro atoms. The van der Waals surface area contributed by atoms with Crippen LogP contribution in [-0.4, -0.2) is 28.9 Å². The normalized spacial score (nSPS) is 11.9. The van der Waals surface area contributed by atoms with Crippen molar-refractivity contribution >= 4 is 39.2 Å². The zero-order valence-corrected chi connectivity index (χ0v) is 14.7. The van der Waals surface area contributed by atoms with E-state index < -0.39 is 6.03 Å². The molecule has 0 saturated heterocycles. The first-order valence-electron chi connectivity index (χ1n) is 7.75. The van der Waals surface area contributed by atoms with Gasteiger partial charge >= 0.3 is 6.03 Å². The third-order valence-corrected chi connectivity index (χ3v) is 5.15. The number of hydrogen-bond donors (Lipinski definition) is 2. The van der Waals surface area contributed by atoms with Crippen molar-refractivity contribution in [2.24, 2.45) is 5.73 Å². The van der Waals surface area contributed by atoms with Gasteiger partial charge in [-0.05, 0) is 37.3 Å². The molecule has 7 heteroatoms. The molecule has 3 N–H and O–H groups in total. The van der Waals surface area contributed by atoms with Gasteiger partial charge in [0.25, 0.3) is 5.91 Å². The van der Waals surface area contributed by atoms with Gasteiger partial charge in [0.2, 0.25) is 0 Å². The molecule has 0 aliphatic heterocycles. The minimum atomic E-state index is -0.666. The maximum absolute atomic E-state index is 12.8. The smallest absolute Gasteiger partial charge is 0.316 e. The van der Waals surface area contributed by atoms with Gasteiger partial charge in [-0.15, -0.1) is 11.3 Å². The number of primary amides is 1. The first kappa shape index (κ1) is 16.9. The SMILES string of the molecule is C[C@H](c1nc2ccccc2s1)N(C)C(=O)c1cccc(NC(N)=O)c1. The van der Waals surface area contributed by atoms with E-state index in [1.807, 2.05) is 31.2 Å². The van der Waals surface area contributed by atoms with Crippen LogP contribution in [0.3, 0.4) is 0 Å². The quantitative estimate of drug-likeness (QED) is 0.750. The fourth-order valence-electron chi connectivity index (χ4n) is 2.49. The van der Waals surface area contributed by atoms with Gasteiger partial charge in [0, 0.05) is 18.3 Å². The summed E-state index contributed by atoms with van der Waals surface area (Å²) in [4.78, 5) is 30.0. The van der Waals surface area contributed by atoms with Crippen molar-refractivity contribution < 1.29 is 9.59 Å². The van der Waals surface area contributed by atoms with E-state index in [4.69, 9.17) is 5.73 Å². The van der Waals surface area contributed by atoms with E-state index in [9.17, 15) is 9.59 Å². The van der Waals surface area contributed by atoms with Crippen LogP contribution < -0.4 is 11.1 Å². The molecule has 0 bridgehead atoms. The number of carbonyl (C=O) groups is 2. The number of anilines is 1. The molecule has 3 rings (SSSR count). The van der Waals surface area contributed by atoms with Crippen molar-refractivity contribution in [1.82, 2.24) is 9.88 Å². The first-order valence-corrected chi connectivity index (χ1v) is 8.56. The van der Waals surface area contributed by atoms with Crippen LogP contribution in [0.5, 0.6) is 0 Å². The number of para-hydroxylation sites is 1. The molecule has 1 atom stereocenters. The molecule has 6 nitrogen and oxygen atoms in total. The summed E-state index contributed by atoms with van der Waals surface area (Å²) in [5.41, 5.74) is 7.01. The van der Waals surface area contributed by atoms with Gasteiger partial charge in [0.1, 0.15) is 5.01 Å². The van der Waals surface area contributed by atoms with Crippen LogP contribution in [0.1, 0.15) is 28.3 Å². The van der Waals surface area contributed by atoms with E-state index in [2.05, 4.69) is 10.3 Å². The lowest BCUT2D eigenvalue weighted by atomic mass is 10.1. The number of aromatic nitrogens is 1. The number of rotatable bonds is 4. The van der Waals surface area contributed by atoms with E-state index in [-0.39, 0.29) is 11.9 Å². The molecular weight excluding hydrogens is 336 g/mol. The Labute approximate surface area is 149 Å². The lowest BCUT2D eigenvalue weighted by Crippen LogP contribution is -2.29. The third kappa shape index (κ3) is 3.61. The predicted molar refractivity (Wildman–Crippen MR) is 99.8 cm³/mol. The van der Waals surface area contributed by atoms with Crippen molar-refractivity contribution in [1.29, 1.82) is 0 Å². The van der Waals surface area contributed by atoms with Crippen LogP contribution in [0.25, 0.3) is 10.2 Å². The standard InChI is InChI=1S/C18H18N4O2S/c1-11(16-21-14-8-3-4-9-15(14)25-16)22(2)17(23)12-6-5-7-13(10-12)20-18(19)24/h3-11H,1-2H3,(H3,19,20,24)/t11-/m1/s1. The van der Waals surface area contributed by atoms with Crippen LogP contribution in [0.2, 0.25) is 0 Å². The second kappa shape index (κ2) is 6.90. The Hall–Kier alpha value is -2.93. The number of hydrogen-bond acceptors (Lipinski definition) is 4. The number of fused-ring (bicyclic) bond motifs is 1. The van der Waals surface area contributed by atoms with Crippen LogP contribution in [0, 0.1) is 0 Å². The first-order chi connectivity index (χ1) is 12.0. The fourth-order valence-corrected chi connectivity index (χ4v) is 3.55. The molecule has 0 unspecified atom stereocenters. The molecule has 0 radical (unpaired) electrons. The summed E-state index contributed by atoms with van der Waals surface area (Å²) in [6.45, 7) is 1.95.